The molecule has 0 aromatic carbocycles. The Kier molecular flexibility index (Phi) is 3.23. The van der Waals surface area contributed by atoms with Crippen molar-refractivity contribution in [2.75, 3.05) is 5.88 Å². The van der Waals surface area contributed by atoms with Crippen LogP contribution in [0.15, 0.2) is 6.07 Å². The molecule has 17 heavy (non-hydrogen) atoms. The molecule has 0 unspecified atom stereocenters. The summed E-state index contributed by atoms with van der Waals surface area (Å²) < 4.78 is 1.65. The molecule has 2 aromatic rings. The lowest BCUT2D eigenvalue weighted by Crippen LogP contribution is -2.24. The zero-order chi connectivity index (χ0) is 12.4. The number of hydrogen-bond donors (Lipinski definition) is 1. The summed E-state index contributed by atoms with van der Waals surface area (Å²) in [5, 5.41) is 6.85. The molecule has 2 heterocycles. The molecule has 7 heteroatoms. The highest BCUT2D eigenvalue weighted by atomic mass is 35.5. The minimum Gasteiger partial charge on any atom is -0.348 e. The average Bonchev–Trinajstić information content (AvgIpc) is 2.69. The van der Waals surface area contributed by atoms with E-state index in [1.807, 2.05) is 19.9 Å². The van der Waals surface area contributed by atoms with E-state index in [0.29, 0.717) is 11.6 Å². The molecule has 0 aliphatic heterocycles. The second-order valence-electron chi connectivity index (χ2n) is 3.69. The number of amides is 1. The molecule has 2 aromatic heterocycles. The first-order valence-corrected chi connectivity index (χ1v) is 5.66. The second kappa shape index (κ2) is 4.67. The average molecular weight is 254 g/mol. The molecule has 1 amide bonds. The van der Waals surface area contributed by atoms with Crippen LogP contribution >= 0.6 is 11.6 Å². The molecule has 0 fully saturated rings. The van der Waals surface area contributed by atoms with E-state index in [1.165, 1.54) is 0 Å². The molecule has 0 spiro atoms. The number of rotatable bonds is 3. The van der Waals surface area contributed by atoms with Gasteiger partial charge in [0.25, 0.3) is 5.78 Å². The van der Waals surface area contributed by atoms with Gasteiger partial charge in [-0.1, -0.05) is 0 Å². The molecule has 0 bridgehead atoms. The van der Waals surface area contributed by atoms with Crippen molar-refractivity contribution in [3.8, 4) is 0 Å². The van der Waals surface area contributed by atoms with E-state index in [2.05, 4.69) is 20.4 Å². The van der Waals surface area contributed by atoms with Crippen molar-refractivity contribution in [3.63, 3.8) is 0 Å². The quantitative estimate of drug-likeness (QED) is 0.813. The van der Waals surface area contributed by atoms with Gasteiger partial charge in [-0.15, -0.1) is 16.7 Å². The van der Waals surface area contributed by atoms with Gasteiger partial charge in [0, 0.05) is 11.4 Å². The third-order valence-corrected chi connectivity index (χ3v) is 2.47. The Labute approximate surface area is 103 Å². The molecule has 90 valence electrons. The molecule has 0 aliphatic rings. The Morgan fingerprint density at radius 3 is 2.94 bits per heavy atom. The predicted octanol–water partition coefficient (Wildman–Crippen LogP) is 0.596. The van der Waals surface area contributed by atoms with Crippen LogP contribution in [0.2, 0.25) is 0 Å². The van der Waals surface area contributed by atoms with Gasteiger partial charge in [0.2, 0.25) is 5.91 Å². The minimum atomic E-state index is -0.244. The van der Waals surface area contributed by atoms with Crippen LogP contribution in [-0.4, -0.2) is 31.4 Å². The van der Waals surface area contributed by atoms with Crippen LogP contribution in [0.4, 0.5) is 0 Å². The van der Waals surface area contributed by atoms with Crippen molar-refractivity contribution in [1.29, 1.82) is 0 Å². The van der Waals surface area contributed by atoms with Gasteiger partial charge < -0.3 is 5.32 Å². The van der Waals surface area contributed by atoms with E-state index in [-0.39, 0.29) is 18.3 Å². The van der Waals surface area contributed by atoms with Gasteiger partial charge in [0.15, 0.2) is 5.82 Å². The standard InChI is InChI=1S/C10H12ClN5O/c1-6-3-7(2)16-10(13-6)14-8(15-16)5-12-9(17)4-11/h3H,4-5H2,1-2H3,(H,12,17). The highest BCUT2D eigenvalue weighted by molar-refractivity contribution is 6.27. The topological polar surface area (TPSA) is 72.2 Å². The molecule has 0 saturated heterocycles. The van der Waals surface area contributed by atoms with E-state index in [4.69, 9.17) is 11.6 Å². The van der Waals surface area contributed by atoms with Gasteiger partial charge in [0.05, 0.1) is 6.54 Å². The van der Waals surface area contributed by atoms with E-state index in [1.54, 1.807) is 4.52 Å². The van der Waals surface area contributed by atoms with Crippen molar-refractivity contribution >= 4 is 23.3 Å². The number of fused-ring (bicyclic) bond motifs is 1. The third kappa shape index (κ3) is 2.52. The summed E-state index contributed by atoms with van der Waals surface area (Å²) in [5.41, 5.74) is 1.84. The van der Waals surface area contributed by atoms with Crippen LogP contribution in [0.1, 0.15) is 17.2 Å². The molecule has 0 atom stereocenters. The highest BCUT2D eigenvalue weighted by Gasteiger charge is 2.08. The number of aryl methyl sites for hydroxylation is 2. The van der Waals surface area contributed by atoms with E-state index >= 15 is 0 Å². The van der Waals surface area contributed by atoms with Crippen LogP contribution < -0.4 is 5.32 Å². The smallest absolute Gasteiger partial charge is 0.252 e. The van der Waals surface area contributed by atoms with Gasteiger partial charge in [-0.2, -0.15) is 4.98 Å². The molecular formula is C10H12ClN5O. The number of halogens is 1. The maximum atomic E-state index is 11.0. The number of carbonyl (C=O) groups is 1. The summed E-state index contributed by atoms with van der Waals surface area (Å²) in [7, 11) is 0. The largest absolute Gasteiger partial charge is 0.348 e. The summed E-state index contributed by atoms with van der Waals surface area (Å²) in [4.78, 5) is 19.5. The van der Waals surface area contributed by atoms with Crippen molar-refractivity contribution in [1.82, 2.24) is 24.9 Å². The fourth-order valence-electron chi connectivity index (χ4n) is 1.51. The SMILES string of the molecule is Cc1cc(C)n2nc(CNC(=O)CCl)nc2n1. The maximum Gasteiger partial charge on any atom is 0.252 e. The highest BCUT2D eigenvalue weighted by Crippen LogP contribution is 2.05. The normalized spacial score (nSPS) is 10.8. The van der Waals surface area contributed by atoms with Crippen LogP contribution in [0.3, 0.4) is 0 Å². The summed E-state index contributed by atoms with van der Waals surface area (Å²) in [5.74, 6) is 0.748. The Balaban J connectivity index is 2.26. The fourth-order valence-corrected chi connectivity index (χ4v) is 1.60. The third-order valence-electron chi connectivity index (χ3n) is 2.23. The first-order chi connectivity index (χ1) is 8.10. The van der Waals surface area contributed by atoms with E-state index in [9.17, 15) is 4.79 Å². The van der Waals surface area contributed by atoms with Gasteiger partial charge in [-0.3, -0.25) is 4.79 Å². The number of alkyl halides is 1. The first kappa shape index (κ1) is 11.8. The number of aromatic nitrogens is 4. The maximum absolute atomic E-state index is 11.0. The molecule has 0 radical (unpaired) electrons. The van der Waals surface area contributed by atoms with E-state index in [0.717, 1.165) is 11.4 Å². The van der Waals surface area contributed by atoms with Crippen molar-refractivity contribution in [2.24, 2.45) is 0 Å². The van der Waals surface area contributed by atoms with Gasteiger partial charge in [0.1, 0.15) is 5.88 Å². The minimum absolute atomic E-state index is 0.0657. The Morgan fingerprint density at radius 1 is 1.47 bits per heavy atom. The number of carbonyl (C=O) groups excluding carboxylic acids is 1. The molecule has 1 N–H and O–H groups in total. The lowest BCUT2D eigenvalue weighted by molar-refractivity contribution is -0.118. The van der Waals surface area contributed by atoms with Crippen LogP contribution in [0, 0.1) is 13.8 Å². The Hall–Kier alpha value is -1.69. The first-order valence-electron chi connectivity index (χ1n) is 5.12. The fraction of sp³-hybridized carbons (Fsp3) is 0.400. The van der Waals surface area contributed by atoms with Gasteiger partial charge >= 0.3 is 0 Å². The van der Waals surface area contributed by atoms with Crippen molar-refractivity contribution in [3.05, 3.63) is 23.3 Å². The Morgan fingerprint density at radius 2 is 2.24 bits per heavy atom. The van der Waals surface area contributed by atoms with E-state index < -0.39 is 0 Å². The lowest BCUT2D eigenvalue weighted by atomic mass is 10.4. The van der Waals surface area contributed by atoms with Crippen molar-refractivity contribution in [2.45, 2.75) is 20.4 Å². The summed E-state index contributed by atoms with van der Waals surface area (Å²) in [6.07, 6.45) is 0. The van der Waals surface area contributed by atoms with Crippen LogP contribution in [0.5, 0.6) is 0 Å². The van der Waals surface area contributed by atoms with Gasteiger partial charge in [-0.05, 0) is 19.9 Å². The second-order valence-corrected chi connectivity index (χ2v) is 3.96. The number of nitrogens with one attached hydrogen (secondary N) is 1. The summed E-state index contributed by atoms with van der Waals surface area (Å²) >= 11 is 5.37. The molecule has 0 aliphatic carbocycles. The zero-order valence-corrected chi connectivity index (χ0v) is 10.3. The summed E-state index contributed by atoms with van der Waals surface area (Å²) in [6.45, 7) is 4.08. The molecular weight excluding hydrogens is 242 g/mol. The number of nitrogens with zero attached hydrogens (tertiary/aromatic N) is 4. The molecule has 0 saturated carbocycles. The lowest BCUT2D eigenvalue weighted by Gasteiger charge is -1.98. The predicted molar refractivity (Wildman–Crippen MR) is 62.8 cm³/mol. The number of hydrogen-bond acceptors (Lipinski definition) is 4. The van der Waals surface area contributed by atoms with Gasteiger partial charge in [-0.25, -0.2) is 9.50 Å². The van der Waals surface area contributed by atoms with Crippen LogP contribution in [-0.2, 0) is 11.3 Å². The summed E-state index contributed by atoms with van der Waals surface area (Å²) in [6, 6.07) is 1.92. The molecule has 6 nitrogen and oxygen atoms in total. The van der Waals surface area contributed by atoms with Crippen LogP contribution in [0.25, 0.3) is 5.78 Å². The molecule has 2 rings (SSSR count). The van der Waals surface area contributed by atoms with Crippen molar-refractivity contribution < 1.29 is 4.79 Å². The Bertz CT molecular complexity index is 565. The monoisotopic (exact) mass is 253 g/mol. The zero-order valence-electron chi connectivity index (χ0n) is 9.57.